The van der Waals surface area contributed by atoms with Gasteiger partial charge in [-0.15, -0.1) is 0 Å². The fourth-order valence-electron chi connectivity index (χ4n) is 2.91. The molecule has 1 aromatic carbocycles. The maximum atomic E-state index is 12.0. The summed E-state index contributed by atoms with van der Waals surface area (Å²) < 4.78 is 5.40. The first-order valence-corrected chi connectivity index (χ1v) is 8.41. The van der Waals surface area contributed by atoms with Crippen molar-refractivity contribution < 1.29 is 19.4 Å². The maximum absolute atomic E-state index is 12.0. The molecular formula is C19H27NO4. The predicted molar refractivity (Wildman–Crippen MR) is 92.4 cm³/mol. The summed E-state index contributed by atoms with van der Waals surface area (Å²) in [7, 11) is 0. The van der Waals surface area contributed by atoms with Crippen LogP contribution in [0.25, 0.3) is 0 Å². The zero-order chi connectivity index (χ0) is 17.9. The van der Waals surface area contributed by atoms with E-state index in [2.05, 4.69) is 25.1 Å². The largest absolute Gasteiger partial charge is 0.483 e. The Morgan fingerprint density at radius 3 is 2.33 bits per heavy atom. The SMILES string of the molecule is Cc1ccc(C2CN(C(=O)OC(C)(C)C)C2)cc1C1CC1.O=CO. The molecule has 1 N–H and O–H groups in total. The molecule has 132 valence electrons. The molecule has 5 heteroatoms. The maximum Gasteiger partial charge on any atom is 0.410 e. The lowest BCUT2D eigenvalue weighted by Crippen LogP contribution is -2.50. The molecule has 0 radical (unpaired) electrons. The van der Waals surface area contributed by atoms with Crippen molar-refractivity contribution >= 4 is 12.6 Å². The number of carboxylic acid groups (broad SMARTS) is 1. The van der Waals surface area contributed by atoms with Gasteiger partial charge < -0.3 is 14.7 Å². The molecular weight excluding hydrogens is 306 g/mol. The highest BCUT2D eigenvalue weighted by molar-refractivity contribution is 5.69. The van der Waals surface area contributed by atoms with Crippen LogP contribution in [0.15, 0.2) is 18.2 Å². The molecule has 0 aromatic heterocycles. The first-order valence-electron chi connectivity index (χ1n) is 8.41. The average molecular weight is 333 g/mol. The van der Waals surface area contributed by atoms with Gasteiger partial charge >= 0.3 is 6.09 Å². The minimum Gasteiger partial charge on any atom is -0.483 e. The summed E-state index contributed by atoms with van der Waals surface area (Å²) in [6.07, 6.45) is 2.48. The van der Waals surface area contributed by atoms with E-state index in [0.717, 1.165) is 19.0 Å². The number of likely N-dealkylation sites (tertiary alicyclic amines) is 1. The molecule has 2 fully saturated rings. The number of carbonyl (C=O) groups is 2. The molecule has 0 bridgehead atoms. The molecule has 0 spiro atoms. The molecule has 3 rings (SSSR count). The van der Waals surface area contributed by atoms with Gasteiger partial charge in [0.1, 0.15) is 5.60 Å². The summed E-state index contributed by atoms with van der Waals surface area (Å²) in [4.78, 5) is 22.1. The number of hydrogen-bond donors (Lipinski definition) is 1. The van der Waals surface area contributed by atoms with Crippen LogP contribution in [0.2, 0.25) is 0 Å². The van der Waals surface area contributed by atoms with Gasteiger partial charge in [0.2, 0.25) is 0 Å². The van der Waals surface area contributed by atoms with Crippen LogP contribution in [-0.4, -0.2) is 41.3 Å². The second-order valence-corrected chi connectivity index (χ2v) is 7.58. The Balaban J connectivity index is 0.000000647. The van der Waals surface area contributed by atoms with E-state index >= 15 is 0 Å². The Morgan fingerprint density at radius 1 is 1.25 bits per heavy atom. The molecule has 1 aromatic rings. The van der Waals surface area contributed by atoms with E-state index in [9.17, 15) is 4.79 Å². The number of rotatable bonds is 2. The first-order chi connectivity index (χ1) is 11.2. The van der Waals surface area contributed by atoms with Gasteiger partial charge in [-0.25, -0.2) is 4.79 Å². The first kappa shape index (κ1) is 18.3. The molecule has 1 saturated heterocycles. The molecule has 1 amide bonds. The smallest absolute Gasteiger partial charge is 0.410 e. The Bertz CT molecular complexity index is 596. The van der Waals surface area contributed by atoms with Crippen molar-refractivity contribution in [3.8, 4) is 0 Å². The monoisotopic (exact) mass is 333 g/mol. The zero-order valence-corrected chi connectivity index (χ0v) is 14.9. The minimum absolute atomic E-state index is 0.187. The van der Waals surface area contributed by atoms with Crippen molar-refractivity contribution in [2.45, 2.75) is 58.0 Å². The summed E-state index contributed by atoms with van der Waals surface area (Å²) >= 11 is 0. The summed E-state index contributed by atoms with van der Waals surface area (Å²) in [6, 6.07) is 6.82. The molecule has 0 unspecified atom stereocenters. The van der Waals surface area contributed by atoms with Crippen LogP contribution in [0.3, 0.4) is 0 Å². The van der Waals surface area contributed by atoms with Crippen molar-refractivity contribution in [2.24, 2.45) is 0 Å². The normalized spacial score (nSPS) is 17.4. The number of benzene rings is 1. The van der Waals surface area contributed by atoms with Crippen LogP contribution in [-0.2, 0) is 9.53 Å². The number of ether oxygens (including phenoxy) is 1. The number of nitrogens with zero attached hydrogens (tertiary/aromatic N) is 1. The van der Waals surface area contributed by atoms with E-state index in [1.165, 1.54) is 29.5 Å². The van der Waals surface area contributed by atoms with Crippen LogP contribution in [0, 0.1) is 6.92 Å². The van der Waals surface area contributed by atoms with Crippen LogP contribution < -0.4 is 0 Å². The molecule has 0 atom stereocenters. The van der Waals surface area contributed by atoms with E-state index < -0.39 is 5.60 Å². The van der Waals surface area contributed by atoms with Crippen LogP contribution >= 0.6 is 0 Å². The van der Waals surface area contributed by atoms with E-state index in [1.807, 2.05) is 20.8 Å². The molecule has 1 aliphatic heterocycles. The predicted octanol–water partition coefficient (Wildman–Crippen LogP) is 3.91. The highest BCUT2D eigenvalue weighted by Crippen LogP contribution is 2.43. The van der Waals surface area contributed by atoms with Crippen LogP contribution in [0.1, 0.15) is 62.1 Å². The Morgan fingerprint density at radius 2 is 1.83 bits per heavy atom. The number of carbonyl (C=O) groups excluding carboxylic acids is 1. The lowest BCUT2D eigenvalue weighted by Gasteiger charge is -2.40. The number of hydrogen-bond acceptors (Lipinski definition) is 3. The van der Waals surface area contributed by atoms with Gasteiger partial charge in [0.15, 0.2) is 0 Å². The summed E-state index contributed by atoms with van der Waals surface area (Å²) in [5.74, 6) is 1.25. The van der Waals surface area contributed by atoms with Gasteiger partial charge in [-0.05, 0) is 63.1 Å². The molecule has 1 aliphatic carbocycles. The van der Waals surface area contributed by atoms with Crippen molar-refractivity contribution in [3.05, 3.63) is 34.9 Å². The average Bonchev–Trinajstić information content (AvgIpc) is 3.22. The zero-order valence-electron chi connectivity index (χ0n) is 14.9. The molecule has 1 saturated carbocycles. The number of amides is 1. The van der Waals surface area contributed by atoms with Crippen LogP contribution in [0.5, 0.6) is 0 Å². The molecule has 1 heterocycles. The lowest BCUT2D eigenvalue weighted by atomic mass is 9.88. The van der Waals surface area contributed by atoms with Gasteiger partial charge in [0.05, 0.1) is 0 Å². The highest BCUT2D eigenvalue weighted by atomic mass is 16.6. The Labute approximate surface area is 143 Å². The summed E-state index contributed by atoms with van der Waals surface area (Å²) in [6.45, 7) is 9.23. The van der Waals surface area contributed by atoms with Gasteiger partial charge in [-0.3, -0.25) is 4.79 Å². The van der Waals surface area contributed by atoms with Gasteiger partial charge in [0.25, 0.3) is 6.47 Å². The quantitative estimate of drug-likeness (QED) is 0.833. The van der Waals surface area contributed by atoms with Gasteiger partial charge in [0, 0.05) is 19.0 Å². The molecule has 24 heavy (non-hydrogen) atoms. The van der Waals surface area contributed by atoms with Crippen molar-refractivity contribution in [1.29, 1.82) is 0 Å². The lowest BCUT2D eigenvalue weighted by molar-refractivity contribution is -0.122. The van der Waals surface area contributed by atoms with E-state index in [0.29, 0.717) is 5.92 Å². The standard InChI is InChI=1S/C18H25NO2.CH2O2/c1-12-5-6-14(9-16(12)13-7-8-13)15-10-19(11-15)17(20)21-18(2,3)4;2-1-3/h5-6,9,13,15H,7-8,10-11H2,1-4H3;1H,(H,2,3). The third-order valence-electron chi connectivity index (χ3n) is 4.33. The number of aryl methyl sites for hydroxylation is 1. The summed E-state index contributed by atoms with van der Waals surface area (Å²) in [5, 5.41) is 6.89. The third kappa shape index (κ3) is 4.73. The van der Waals surface area contributed by atoms with E-state index in [4.69, 9.17) is 14.6 Å². The van der Waals surface area contributed by atoms with Crippen molar-refractivity contribution in [3.63, 3.8) is 0 Å². The van der Waals surface area contributed by atoms with Gasteiger partial charge in [-0.2, -0.15) is 0 Å². The second kappa shape index (κ2) is 7.24. The molecule has 5 nitrogen and oxygen atoms in total. The minimum atomic E-state index is -0.412. The third-order valence-corrected chi connectivity index (χ3v) is 4.33. The van der Waals surface area contributed by atoms with Gasteiger partial charge in [-0.1, -0.05) is 18.2 Å². The topological polar surface area (TPSA) is 66.8 Å². The van der Waals surface area contributed by atoms with E-state index in [1.54, 1.807) is 4.90 Å². The second-order valence-electron chi connectivity index (χ2n) is 7.58. The van der Waals surface area contributed by atoms with Crippen LogP contribution in [0.4, 0.5) is 4.79 Å². The van der Waals surface area contributed by atoms with Crippen molar-refractivity contribution in [1.82, 2.24) is 4.90 Å². The fraction of sp³-hybridized carbons (Fsp3) is 0.579. The Hall–Kier alpha value is -2.04. The van der Waals surface area contributed by atoms with Crippen molar-refractivity contribution in [2.75, 3.05) is 13.1 Å². The van der Waals surface area contributed by atoms with E-state index in [-0.39, 0.29) is 12.6 Å². The fourth-order valence-corrected chi connectivity index (χ4v) is 2.91. The Kier molecular flexibility index (Phi) is 5.52. The summed E-state index contributed by atoms with van der Waals surface area (Å²) in [5.41, 5.74) is 3.89. The highest BCUT2D eigenvalue weighted by Gasteiger charge is 2.35. The molecule has 2 aliphatic rings.